The van der Waals surface area contributed by atoms with Gasteiger partial charge in [-0.1, -0.05) is 12.1 Å². The summed E-state index contributed by atoms with van der Waals surface area (Å²) < 4.78 is 0. The molecule has 6 nitrogen and oxygen atoms in total. The van der Waals surface area contributed by atoms with E-state index < -0.39 is 17.8 Å². The highest BCUT2D eigenvalue weighted by molar-refractivity contribution is 6.08. The van der Waals surface area contributed by atoms with E-state index in [4.69, 9.17) is 10.8 Å². The number of hydrogen-bond acceptors (Lipinski definition) is 5. The van der Waals surface area contributed by atoms with Gasteiger partial charge in [-0.3, -0.25) is 4.79 Å². The molecular formula is C16H15NO5. The van der Waals surface area contributed by atoms with Crippen molar-refractivity contribution < 1.29 is 24.9 Å². The second kappa shape index (κ2) is 6.28. The van der Waals surface area contributed by atoms with Crippen LogP contribution in [0, 0.1) is 0 Å². The topological polar surface area (TPSA) is 121 Å². The molecule has 0 spiro atoms. The standard InChI is InChI=1S/C16H15NO5/c17-14(7-9-1-3-10(18)4-2-9)15(20)13-8-11(19)5-6-12(13)16(21)22/h1-6,8,14,18-19H,7,17H2,(H,21,22)/t14-/m0/s1. The third-order valence-corrected chi connectivity index (χ3v) is 3.23. The summed E-state index contributed by atoms with van der Waals surface area (Å²) in [4.78, 5) is 23.5. The molecule has 6 heteroatoms. The number of aromatic hydroxyl groups is 2. The summed E-state index contributed by atoms with van der Waals surface area (Å²) in [5, 5.41) is 27.8. The Kier molecular flexibility index (Phi) is 4.43. The Labute approximate surface area is 126 Å². The van der Waals surface area contributed by atoms with Crippen LogP contribution in [-0.4, -0.2) is 33.1 Å². The molecule has 0 fully saturated rings. The zero-order chi connectivity index (χ0) is 16.3. The quantitative estimate of drug-likeness (QED) is 0.622. The first kappa shape index (κ1) is 15.5. The first-order valence-electron chi connectivity index (χ1n) is 6.52. The largest absolute Gasteiger partial charge is 0.508 e. The number of aromatic carboxylic acids is 1. The molecule has 2 aromatic rings. The van der Waals surface area contributed by atoms with Crippen LogP contribution in [0.5, 0.6) is 11.5 Å². The molecule has 0 radical (unpaired) electrons. The highest BCUT2D eigenvalue weighted by Crippen LogP contribution is 2.19. The van der Waals surface area contributed by atoms with Crippen molar-refractivity contribution in [3.05, 3.63) is 59.2 Å². The van der Waals surface area contributed by atoms with Gasteiger partial charge in [0.15, 0.2) is 5.78 Å². The Balaban J connectivity index is 2.25. The van der Waals surface area contributed by atoms with Crippen LogP contribution in [0.4, 0.5) is 0 Å². The van der Waals surface area contributed by atoms with E-state index in [2.05, 4.69) is 0 Å². The van der Waals surface area contributed by atoms with Crippen LogP contribution in [0.15, 0.2) is 42.5 Å². The molecule has 0 aliphatic rings. The van der Waals surface area contributed by atoms with E-state index in [1.54, 1.807) is 12.1 Å². The zero-order valence-electron chi connectivity index (χ0n) is 11.6. The number of ketones is 1. The maximum absolute atomic E-state index is 12.3. The summed E-state index contributed by atoms with van der Waals surface area (Å²) >= 11 is 0. The molecule has 22 heavy (non-hydrogen) atoms. The van der Waals surface area contributed by atoms with Crippen molar-refractivity contribution in [2.45, 2.75) is 12.5 Å². The fourth-order valence-corrected chi connectivity index (χ4v) is 2.10. The number of carboxylic acids is 1. The molecule has 0 amide bonds. The second-order valence-corrected chi connectivity index (χ2v) is 4.88. The molecule has 0 bridgehead atoms. The van der Waals surface area contributed by atoms with Crippen LogP contribution in [0.3, 0.4) is 0 Å². The molecule has 0 aliphatic heterocycles. The van der Waals surface area contributed by atoms with E-state index in [1.165, 1.54) is 18.2 Å². The van der Waals surface area contributed by atoms with Gasteiger partial charge in [0.1, 0.15) is 11.5 Å². The predicted octanol–water partition coefficient (Wildman–Crippen LogP) is 1.55. The Morgan fingerprint density at radius 3 is 2.14 bits per heavy atom. The molecule has 0 aromatic heterocycles. The van der Waals surface area contributed by atoms with Crippen LogP contribution in [0.25, 0.3) is 0 Å². The van der Waals surface area contributed by atoms with Gasteiger partial charge in [-0.15, -0.1) is 0 Å². The Hall–Kier alpha value is -2.86. The number of Topliss-reactive ketones (excluding diaryl/α,β-unsaturated/α-hetero) is 1. The lowest BCUT2D eigenvalue weighted by atomic mass is 9.95. The smallest absolute Gasteiger partial charge is 0.336 e. The van der Waals surface area contributed by atoms with Gasteiger partial charge < -0.3 is 21.1 Å². The minimum absolute atomic E-state index is 0.102. The molecule has 1 atom stereocenters. The van der Waals surface area contributed by atoms with Crippen molar-refractivity contribution in [3.8, 4) is 11.5 Å². The molecule has 2 rings (SSSR count). The molecule has 0 saturated heterocycles. The van der Waals surface area contributed by atoms with Crippen LogP contribution in [0.1, 0.15) is 26.3 Å². The predicted molar refractivity (Wildman–Crippen MR) is 79.2 cm³/mol. The molecule has 0 unspecified atom stereocenters. The number of carboxylic acid groups (broad SMARTS) is 1. The van der Waals surface area contributed by atoms with E-state index in [9.17, 15) is 19.8 Å². The van der Waals surface area contributed by atoms with Crippen molar-refractivity contribution in [2.75, 3.05) is 0 Å². The summed E-state index contributed by atoms with van der Waals surface area (Å²) in [5.41, 5.74) is 6.25. The molecule has 0 heterocycles. The number of nitrogens with two attached hydrogens (primary N) is 1. The first-order valence-corrected chi connectivity index (χ1v) is 6.52. The van der Waals surface area contributed by atoms with Crippen molar-refractivity contribution in [1.82, 2.24) is 0 Å². The van der Waals surface area contributed by atoms with Crippen LogP contribution < -0.4 is 5.73 Å². The number of benzene rings is 2. The van der Waals surface area contributed by atoms with Gasteiger partial charge in [0.05, 0.1) is 11.6 Å². The van der Waals surface area contributed by atoms with Crippen LogP contribution >= 0.6 is 0 Å². The molecule has 114 valence electrons. The summed E-state index contributed by atoms with van der Waals surface area (Å²) in [6, 6.07) is 8.72. The van der Waals surface area contributed by atoms with Gasteiger partial charge in [0, 0.05) is 5.56 Å². The van der Waals surface area contributed by atoms with E-state index >= 15 is 0 Å². The molecular weight excluding hydrogens is 286 g/mol. The third kappa shape index (κ3) is 3.42. The van der Waals surface area contributed by atoms with Crippen molar-refractivity contribution in [3.63, 3.8) is 0 Å². The number of carbonyl (C=O) groups is 2. The second-order valence-electron chi connectivity index (χ2n) is 4.88. The fourth-order valence-electron chi connectivity index (χ4n) is 2.10. The van der Waals surface area contributed by atoms with Gasteiger partial charge in [-0.05, 0) is 42.3 Å². The fraction of sp³-hybridized carbons (Fsp3) is 0.125. The van der Waals surface area contributed by atoms with Gasteiger partial charge in [-0.25, -0.2) is 4.79 Å². The molecule has 0 saturated carbocycles. The maximum atomic E-state index is 12.3. The van der Waals surface area contributed by atoms with Gasteiger partial charge in [0.25, 0.3) is 0 Å². The Morgan fingerprint density at radius 2 is 1.55 bits per heavy atom. The minimum Gasteiger partial charge on any atom is -0.508 e. The highest BCUT2D eigenvalue weighted by atomic mass is 16.4. The summed E-state index contributed by atoms with van der Waals surface area (Å²) in [7, 11) is 0. The first-order chi connectivity index (χ1) is 10.4. The minimum atomic E-state index is -1.26. The monoisotopic (exact) mass is 301 g/mol. The van der Waals surface area contributed by atoms with Crippen molar-refractivity contribution in [1.29, 1.82) is 0 Å². The van der Waals surface area contributed by atoms with Gasteiger partial charge in [-0.2, -0.15) is 0 Å². The third-order valence-electron chi connectivity index (χ3n) is 3.23. The van der Waals surface area contributed by atoms with Gasteiger partial charge in [0.2, 0.25) is 0 Å². The zero-order valence-corrected chi connectivity index (χ0v) is 11.6. The highest BCUT2D eigenvalue weighted by Gasteiger charge is 2.22. The molecule has 5 N–H and O–H groups in total. The number of phenols is 2. The number of rotatable bonds is 5. The average Bonchev–Trinajstić information content (AvgIpc) is 2.48. The van der Waals surface area contributed by atoms with E-state index in [1.807, 2.05) is 0 Å². The molecule has 2 aromatic carbocycles. The summed E-state index contributed by atoms with van der Waals surface area (Å²) in [6.07, 6.45) is 0.188. The van der Waals surface area contributed by atoms with E-state index in [-0.39, 0.29) is 29.0 Å². The Bertz CT molecular complexity index is 709. The Morgan fingerprint density at radius 1 is 0.955 bits per heavy atom. The van der Waals surface area contributed by atoms with Crippen LogP contribution in [0.2, 0.25) is 0 Å². The lowest BCUT2D eigenvalue weighted by Crippen LogP contribution is -2.33. The number of phenolic OH excluding ortho intramolecular Hbond substituents is 2. The van der Waals surface area contributed by atoms with E-state index in [0.717, 1.165) is 17.7 Å². The molecule has 0 aliphatic carbocycles. The normalized spacial score (nSPS) is 11.9. The summed E-state index contributed by atoms with van der Waals surface area (Å²) in [5.74, 6) is -1.93. The lowest BCUT2D eigenvalue weighted by Gasteiger charge is -2.13. The summed E-state index contributed by atoms with van der Waals surface area (Å²) in [6.45, 7) is 0. The van der Waals surface area contributed by atoms with Gasteiger partial charge >= 0.3 is 5.97 Å². The SMILES string of the molecule is N[C@@H](Cc1ccc(O)cc1)C(=O)c1cc(O)ccc1C(=O)O. The number of hydrogen-bond donors (Lipinski definition) is 4. The lowest BCUT2D eigenvalue weighted by molar-refractivity contribution is 0.0691. The average molecular weight is 301 g/mol. The number of carbonyl (C=O) groups excluding carboxylic acids is 1. The van der Waals surface area contributed by atoms with Crippen molar-refractivity contribution in [2.24, 2.45) is 5.73 Å². The van der Waals surface area contributed by atoms with Crippen LogP contribution in [-0.2, 0) is 6.42 Å². The van der Waals surface area contributed by atoms with Crippen molar-refractivity contribution >= 4 is 11.8 Å². The maximum Gasteiger partial charge on any atom is 0.336 e. The van der Waals surface area contributed by atoms with E-state index in [0.29, 0.717) is 0 Å².